The van der Waals surface area contributed by atoms with E-state index in [1.807, 2.05) is 19.1 Å². The van der Waals surface area contributed by atoms with Crippen LogP contribution in [0.3, 0.4) is 0 Å². The van der Waals surface area contributed by atoms with Gasteiger partial charge < -0.3 is 14.8 Å². The summed E-state index contributed by atoms with van der Waals surface area (Å²) >= 11 is 11.9. The molecule has 24 heavy (non-hydrogen) atoms. The van der Waals surface area contributed by atoms with E-state index in [0.29, 0.717) is 41.1 Å². The second kappa shape index (κ2) is 9.40. The quantitative estimate of drug-likeness (QED) is 0.705. The monoisotopic (exact) mass is 367 g/mol. The molecule has 1 atom stereocenters. The lowest BCUT2D eigenvalue weighted by Crippen LogP contribution is -2.39. The van der Waals surface area contributed by atoms with Crippen molar-refractivity contribution in [2.24, 2.45) is 0 Å². The van der Waals surface area contributed by atoms with Crippen LogP contribution in [-0.4, -0.2) is 25.2 Å². The maximum Gasteiger partial charge on any atom is 0.261 e. The van der Waals surface area contributed by atoms with Gasteiger partial charge in [0.15, 0.2) is 6.10 Å². The van der Waals surface area contributed by atoms with Crippen molar-refractivity contribution in [3.8, 4) is 11.5 Å². The predicted molar refractivity (Wildman–Crippen MR) is 96.1 cm³/mol. The minimum Gasteiger partial charge on any atom is -0.490 e. The highest BCUT2D eigenvalue weighted by Gasteiger charge is 2.18. The summed E-state index contributed by atoms with van der Waals surface area (Å²) in [5, 5.41) is 3.90. The minimum atomic E-state index is -0.580. The summed E-state index contributed by atoms with van der Waals surface area (Å²) in [7, 11) is 0. The lowest BCUT2D eigenvalue weighted by molar-refractivity contribution is -0.128. The van der Waals surface area contributed by atoms with Crippen LogP contribution in [0.1, 0.15) is 13.3 Å². The third kappa shape index (κ3) is 5.62. The zero-order chi connectivity index (χ0) is 17.4. The van der Waals surface area contributed by atoms with E-state index in [1.165, 1.54) is 0 Å². The number of carbonyl (C=O) groups excluding carboxylic acids is 1. The van der Waals surface area contributed by atoms with E-state index in [0.717, 1.165) is 0 Å². The Labute approximate surface area is 151 Å². The second-order valence-electron chi connectivity index (χ2n) is 5.04. The van der Waals surface area contributed by atoms with Gasteiger partial charge in [0.1, 0.15) is 18.1 Å². The van der Waals surface area contributed by atoms with Crippen LogP contribution in [0.15, 0.2) is 48.5 Å². The summed E-state index contributed by atoms with van der Waals surface area (Å²) < 4.78 is 11.2. The number of rotatable bonds is 8. The Balaban J connectivity index is 1.78. The third-order valence-corrected chi connectivity index (χ3v) is 3.78. The Bertz CT molecular complexity index is 679. The molecule has 0 fully saturated rings. The third-order valence-electron chi connectivity index (χ3n) is 3.23. The average Bonchev–Trinajstić information content (AvgIpc) is 2.58. The molecule has 1 N–H and O–H groups in total. The van der Waals surface area contributed by atoms with Crippen molar-refractivity contribution < 1.29 is 14.3 Å². The van der Waals surface area contributed by atoms with Crippen molar-refractivity contribution in [1.29, 1.82) is 0 Å². The van der Waals surface area contributed by atoms with Gasteiger partial charge in [0.25, 0.3) is 5.91 Å². The maximum atomic E-state index is 12.2. The number of ether oxygens (including phenoxy) is 2. The van der Waals surface area contributed by atoms with E-state index >= 15 is 0 Å². The van der Waals surface area contributed by atoms with E-state index < -0.39 is 6.10 Å². The van der Waals surface area contributed by atoms with Crippen LogP contribution in [0.5, 0.6) is 11.5 Å². The van der Waals surface area contributed by atoms with E-state index in [4.69, 9.17) is 32.7 Å². The molecule has 6 heteroatoms. The van der Waals surface area contributed by atoms with Crippen molar-refractivity contribution in [3.63, 3.8) is 0 Å². The van der Waals surface area contributed by atoms with Crippen LogP contribution < -0.4 is 14.8 Å². The molecule has 4 nitrogen and oxygen atoms in total. The summed E-state index contributed by atoms with van der Waals surface area (Å²) in [6.07, 6.45) is -0.0345. The minimum absolute atomic E-state index is 0.194. The lowest BCUT2D eigenvalue weighted by atomic mass is 10.2. The Morgan fingerprint density at radius 1 is 1.17 bits per heavy atom. The van der Waals surface area contributed by atoms with Crippen LogP contribution in [0.4, 0.5) is 0 Å². The largest absolute Gasteiger partial charge is 0.490 e. The highest BCUT2D eigenvalue weighted by Crippen LogP contribution is 2.22. The number of hydrogen-bond acceptors (Lipinski definition) is 3. The number of hydrogen-bond donors (Lipinski definition) is 1. The first-order chi connectivity index (χ1) is 11.6. The molecule has 128 valence electrons. The van der Waals surface area contributed by atoms with E-state index in [2.05, 4.69) is 5.32 Å². The SMILES string of the molecule is CCC(Oc1cccc(Cl)c1)C(=O)NCCOc1ccccc1Cl. The summed E-state index contributed by atoms with van der Waals surface area (Å²) in [6.45, 7) is 2.57. The van der Waals surface area contributed by atoms with Crippen LogP contribution in [-0.2, 0) is 4.79 Å². The molecular weight excluding hydrogens is 349 g/mol. The van der Waals surface area contributed by atoms with Gasteiger partial charge in [-0.2, -0.15) is 0 Å². The van der Waals surface area contributed by atoms with Crippen LogP contribution in [0.25, 0.3) is 0 Å². The number of amides is 1. The Hall–Kier alpha value is -1.91. The molecule has 1 unspecified atom stereocenters. The maximum absolute atomic E-state index is 12.2. The van der Waals surface area contributed by atoms with Gasteiger partial charge in [0.05, 0.1) is 11.6 Å². The molecule has 0 aliphatic rings. The molecule has 0 saturated heterocycles. The molecular formula is C18H19Cl2NO3. The van der Waals surface area contributed by atoms with Gasteiger partial charge in [-0.1, -0.05) is 48.3 Å². The van der Waals surface area contributed by atoms with Crippen LogP contribution in [0.2, 0.25) is 10.0 Å². The molecule has 1 amide bonds. The summed E-state index contributed by atoms with van der Waals surface area (Å²) in [5.41, 5.74) is 0. The topological polar surface area (TPSA) is 47.6 Å². The molecule has 2 aromatic carbocycles. The number of carbonyl (C=O) groups is 1. The van der Waals surface area contributed by atoms with Gasteiger partial charge in [0, 0.05) is 5.02 Å². The Morgan fingerprint density at radius 3 is 2.67 bits per heavy atom. The number of benzene rings is 2. The highest BCUT2D eigenvalue weighted by molar-refractivity contribution is 6.32. The molecule has 0 aliphatic carbocycles. The van der Waals surface area contributed by atoms with Crippen molar-refractivity contribution in [3.05, 3.63) is 58.6 Å². The van der Waals surface area contributed by atoms with Crippen LogP contribution in [0, 0.1) is 0 Å². The molecule has 0 aliphatic heterocycles. The smallest absolute Gasteiger partial charge is 0.261 e. The zero-order valence-electron chi connectivity index (χ0n) is 13.3. The number of para-hydroxylation sites is 1. The van der Waals surface area contributed by atoms with Gasteiger partial charge in [-0.15, -0.1) is 0 Å². The van der Waals surface area contributed by atoms with E-state index in [-0.39, 0.29) is 5.91 Å². The number of nitrogens with one attached hydrogen (secondary N) is 1. The Morgan fingerprint density at radius 2 is 1.96 bits per heavy atom. The second-order valence-corrected chi connectivity index (χ2v) is 5.89. The van der Waals surface area contributed by atoms with Gasteiger partial charge in [-0.3, -0.25) is 4.79 Å². The molecule has 2 aromatic rings. The zero-order valence-corrected chi connectivity index (χ0v) is 14.8. The average molecular weight is 368 g/mol. The molecule has 0 radical (unpaired) electrons. The van der Waals surface area contributed by atoms with Gasteiger partial charge >= 0.3 is 0 Å². The fourth-order valence-electron chi connectivity index (χ4n) is 2.04. The highest BCUT2D eigenvalue weighted by atomic mass is 35.5. The fourth-order valence-corrected chi connectivity index (χ4v) is 2.41. The molecule has 0 spiro atoms. The normalized spacial score (nSPS) is 11.6. The predicted octanol–water partition coefficient (Wildman–Crippen LogP) is 4.35. The molecule has 2 rings (SSSR count). The number of halogens is 2. The van der Waals surface area contributed by atoms with Crippen LogP contribution >= 0.6 is 23.2 Å². The van der Waals surface area contributed by atoms with Crippen molar-refractivity contribution >= 4 is 29.1 Å². The van der Waals surface area contributed by atoms with Crippen molar-refractivity contribution in [2.75, 3.05) is 13.2 Å². The first-order valence-corrected chi connectivity index (χ1v) is 8.43. The van der Waals surface area contributed by atoms with Gasteiger partial charge in [-0.25, -0.2) is 0 Å². The summed E-state index contributed by atoms with van der Waals surface area (Å²) in [4.78, 5) is 12.2. The summed E-state index contributed by atoms with van der Waals surface area (Å²) in [6, 6.07) is 14.2. The molecule has 0 aromatic heterocycles. The van der Waals surface area contributed by atoms with E-state index in [9.17, 15) is 4.79 Å². The van der Waals surface area contributed by atoms with Gasteiger partial charge in [-0.05, 0) is 36.8 Å². The first-order valence-electron chi connectivity index (χ1n) is 7.67. The lowest BCUT2D eigenvalue weighted by Gasteiger charge is -2.17. The van der Waals surface area contributed by atoms with Crippen molar-refractivity contribution in [2.45, 2.75) is 19.4 Å². The Kier molecular flexibility index (Phi) is 7.22. The molecule has 0 heterocycles. The molecule has 0 bridgehead atoms. The fraction of sp³-hybridized carbons (Fsp3) is 0.278. The standard InChI is InChI=1S/C18H19Cl2NO3/c1-2-16(24-14-7-5-6-13(19)12-14)18(22)21-10-11-23-17-9-4-3-8-15(17)20/h3-9,12,16H,2,10-11H2,1H3,(H,21,22). The van der Waals surface area contributed by atoms with Gasteiger partial charge in [0.2, 0.25) is 0 Å². The van der Waals surface area contributed by atoms with E-state index in [1.54, 1.807) is 36.4 Å². The first kappa shape index (κ1) is 18.4. The van der Waals surface area contributed by atoms with Crippen molar-refractivity contribution in [1.82, 2.24) is 5.32 Å². The molecule has 0 saturated carbocycles. The summed E-state index contributed by atoms with van der Waals surface area (Å²) in [5.74, 6) is 0.965.